The molecule has 0 bridgehead atoms. The molecule has 1 unspecified atom stereocenters. The molecular weight excluding hydrogens is 148 g/mol. The minimum absolute atomic E-state index is 0.657. The molecule has 1 rings (SSSR count). The first kappa shape index (κ1) is 9.75. The van der Waals surface area contributed by atoms with E-state index < -0.39 is 0 Å². The molecule has 0 aromatic rings. The van der Waals surface area contributed by atoms with E-state index >= 15 is 0 Å². The van der Waals surface area contributed by atoms with Crippen LogP contribution < -0.4 is 5.32 Å². The van der Waals surface area contributed by atoms with Crippen molar-refractivity contribution in [2.75, 3.05) is 26.2 Å². The maximum absolute atomic E-state index is 3.44. The summed E-state index contributed by atoms with van der Waals surface area (Å²) in [5.41, 5.74) is 1.42. The van der Waals surface area contributed by atoms with Crippen LogP contribution in [-0.4, -0.2) is 37.1 Å². The smallest absolute Gasteiger partial charge is 0.0167 e. The predicted molar refractivity (Wildman–Crippen MR) is 53.3 cm³/mol. The van der Waals surface area contributed by atoms with Crippen molar-refractivity contribution >= 4 is 0 Å². The van der Waals surface area contributed by atoms with Crippen LogP contribution in [0.1, 0.15) is 20.8 Å². The van der Waals surface area contributed by atoms with Crippen molar-refractivity contribution < 1.29 is 0 Å². The molecule has 1 heterocycles. The van der Waals surface area contributed by atoms with E-state index in [-0.39, 0.29) is 0 Å². The van der Waals surface area contributed by atoms with Gasteiger partial charge in [-0.15, -0.1) is 0 Å². The highest BCUT2D eigenvalue weighted by Gasteiger charge is 2.13. The molecule has 0 saturated carbocycles. The van der Waals surface area contributed by atoms with Gasteiger partial charge in [0.15, 0.2) is 0 Å². The van der Waals surface area contributed by atoms with Gasteiger partial charge in [0.2, 0.25) is 0 Å². The van der Waals surface area contributed by atoms with Gasteiger partial charge in [-0.25, -0.2) is 0 Å². The minimum atomic E-state index is 0.657. The van der Waals surface area contributed by atoms with E-state index in [0.717, 1.165) is 13.1 Å². The van der Waals surface area contributed by atoms with Crippen molar-refractivity contribution in [3.05, 3.63) is 11.6 Å². The fraction of sp³-hybridized carbons (Fsp3) is 0.800. The van der Waals surface area contributed by atoms with E-state index in [2.05, 4.69) is 37.1 Å². The van der Waals surface area contributed by atoms with Crippen LogP contribution in [0, 0.1) is 0 Å². The van der Waals surface area contributed by atoms with Crippen LogP contribution in [0.5, 0.6) is 0 Å². The van der Waals surface area contributed by atoms with Crippen molar-refractivity contribution in [2.45, 2.75) is 26.8 Å². The molecule has 1 aliphatic rings. The Morgan fingerprint density at radius 3 is 2.92 bits per heavy atom. The van der Waals surface area contributed by atoms with Crippen LogP contribution in [0.15, 0.2) is 11.6 Å². The monoisotopic (exact) mass is 168 g/mol. The lowest BCUT2D eigenvalue weighted by molar-refractivity contribution is 0.226. The third kappa shape index (κ3) is 3.37. The summed E-state index contributed by atoms with van der Waals surface area (Å²) in [5.74, 6) is 0. The second kappa shape index (κ2) is 4.63. The Morgan fingerprint density at radius 2 is 2.33 bits per heavy atom. The highest BCUT2D eigenvalue weighted by Crippen LogP contribution is 1.99. The van der Waals surface area contributed by atoms with Crippen LogP contribution >= 0.6 is 0 Å². The molecule has 1 atom stereocenters. The Hall–Kier alpha value is -0.340. The molecule has 70 valence electrons. The summed E-state index contributed by atoms with van der Waals surface area (Å²) in [6.45, 7) is 11.2. The zero-order valence-corrected chi connectivity index (χ0v) is 8.43. The van der Waals surface area contributed by atoms with Gasteiger partial charge in [0, 0.05) is 32.2 Å². The summed E-state index contributed by atoms with van der Waals surface area (Å²) in [7, 11) is 0. The number of hydrogen-bond acceptors (Lipinski definition) is 2. The Labute approximate surface area is 75.6 Å². The maximum Gasteiger partial charge on any atom is 0.0167 e. The van der Waals surface area contributed by atoms with Gasteiger partial charge in [-0.3, -0.25) is 4.90 Å². The van der Waals surface area contributed by atoms with Crippen molar-refractivity contribution in [3.63, 3.8) is 0 Å². The van der Waals surface area contributed by atoms with E-state index in [1.54, 1.807) is 0 Å². The van der Waals surface area contributed by atoms with Crippen molar-refractivity contribution in [3.8, 4) is 0 Å². The molecule has 0 aromatic carbocycles. The van der Waals surface area contributed by atoms with Crippen LogP contribution in [0.4, 0.5) is 0 Å². The summed E-state index contributed by atoms with van der Waals surface area (Å²) in [5, 5.41) is 3.44. The van der Waals surface area contributed by atoms with E-state index in [9.17, 15) is 0 Å². The van der Waals surface area contributed by atoms with Crippen LogP contribution in [0.3, 0.4) is 0 Å². The summed E-state index contributed by atoms with van der Waals surface area (Å²) < 4.78 is 0. The Kier molecular flexibility index (Phi) is 3.76. The molecule has 0 spiro atoms. The SMILES string of the molecule is CC(C)=CCN1CCNC(C)C1. The van der Waals surface area contributed by atoms with Gasteiger partial charge in [0.25, 0.3) is 0 Å². The van der Waals surface area contributed by atoms with Crippen molar-refractivity contribution in [1.29, 1.82) is 0 Å². The van der Waals surface area contributed by atoms with Gasteiger partial charge >= 0.3 is 0 Å². The van der Waals surface area contributed by atoms with Gasteiger partial charge in [0.1, 0.15) is 0 Å². The number of hydrogen-bond donors (Lipinski definition) is 1. The third-order valence-electron chi connectivity index (χ3n) is 2.21. The zero-order valence-electron chi connectivity index (χ0n) is 8.43. The molecule has 0 amide bonds. The molecule has 12 heavy (non-hydrogen) atoms. The summed E-state index contributed by atoms with van der Waals surface area (Å²) in [6.07, 6.45) is 2.30. The van der Waals surface area contributed by atoms with E-state index in [1.807, 2.05) is 0 Å². The lowest BCUT2D eigenvalue weighted by atomic mass is 10.2. The lowest BCUT2D eigenvalue weighted by Crippen LogP contribution is -2.49. The first-order chi connectivity index (χ1) is 5.68. The number of piperazine rings is 1. The second-order valence-electron chi connectivity index (χ2n) is 3.90. The van der Waals surface area contributed by atoms with E-state index in [0.29, 0.717) is 6.04 Å². The van der Waals surface area contributed by atoms with Gasteiger partial charge in [-0.2, -0.15) is 0 Å². The minimum Gasteiger partial charge on any atom is -0.312 e. The van der Waals surface area contributed by atoms with Crippen LogP contribution in [0.2, 0.25) is 0 Å². The molecule has 1 N–H and O–H groups in total. The highest BCUT2D eigenvalue weighted by molar-refractivity contribution is 4.95. The maximum atomic E-state index is 3.44. The molecule has 0 aliphatic carbocycles. The van der Waals surface area contributed by atoms with Gasteiger partial charge in [-0.1, -0.05) is 11.6 Å². The van der Waals surface area contributed by atoms with E-state index in [4.69, 9.17) is 0 Å². The predicted octanol–water partition coefficient (Wildman–Crippen LogP) is 1.25. The lowest BCUT2D eigenvalue weighted by Gasteiger charge is -2.30. The van der Waals surface area contributed by atoms with E-state index in [1.165, 1.54) is 18.7 Å². The molecule has 1 fully saturated rings. The molecular formula is C10H20N2. The van der Waals surface area contributed by atoms with Crippen molar-refractivity contribution in [2.24, 2.45) is 0 Å². The van der Waals surface area contributed by atoms with Crippen LogP contribution in [-0.2, 0) is 0 Å². The highest BCUT2D eigenvalue weighted by atomic mass is 15.2. The average Bonchev–Trinajstić information content (AvgIpc) is 2.01. The first-order valence-corrected chi connectivity index (χ1v) is 4.77. The summed E-state index contributed by atoms with van der Waals surface area (Å²) in [4.78, 5) is 2.49. The number of allylic oxidation sites excluding steroid dienone is 1. The zero-order chi connectivity index (χ0) is 8.97. The Bertz CT molecular complexity index is 159. The average molecular weight is 168 g/mol. The molecule has 1 saturated heterocycles. The summed E-state index contributed by atoms with van der Waals surface area (Å²) >= 11 is 0. The van der Waals surface area contributed by atoms with Gasteiger partial charge in [0.05, 0.1) is 0 Å². The largest absolute Gasteiger partial charge is 0.312 e. The molecule has 0 radical (unpaired) electrons. The number of nitrogens with one attached hydrogen (secondary N) is 1. The Balaban J connectivity index is 2.27. The number of rotatable bonds is 2. The first-order valence-electron chi connectivity index (χ1n) is 4.77. The Morgan fingerprint density at radius 1 is 1.58 bits per heavy atom. The normalized spacial score (nSPS) is 25.4. The second-order valence-corrected chi connectivity index (χ2v) is 3.90. The fourth-order valence-corrected chi connectivity index (χ4v) is 1.49. The third-order valence-corrected chi connectivity index (χ3v) is 2.21. The topological polar surface area (TPSA) is 15.3 Å². The molecule has 0 aromatic heterocycles. The van der Waals surface area contributed by atoms with Gasteiger partial charge < -0.3 is 5.32 Å². The fourth-order valence-electron chi connectivity index (χ4n) is 1.49. The molecule has 1 aliphatic heterocycles. The standard InChI is InChI=1S/C10H20N2/c1-9(2)4-6-12-7-5-11-10(3)8-12/h4,10-11H,5-8H2,1-3H3. The quantitative estimate of drug-likeness (QED) is 0.624. The molecule has 2 nitrogen and oxygen atoms in total. The molecule has 2 heteroatoms. The van der Waals surface area contributed by atoms with Crippen LogP contribution in [0.25, 0.3) is 0 Å². The van der Waals surface area contributed by atoms with Gasteiger partial charge in [-0.05, 0) is 20.8 Å². The number of nitrogens with zero attached hydrogens (tertiary/aromatic N) is 1. The summed E-state index contributed by atoms with van der Waals surface area (Å²) in [6, 6.07) is 0.657. The van der Waals surface area contributed by atoms with Crippen molar-refractivity contribution in [1.82, 2.24) is 10.2 Å².